The first-order chi connectivity index (χ1) is 18.7. The van der Waals surface area contributed by atoms with Crippen LogP contribution in [0.3, 0.4) is 0 Å². The lowest BCUT2D eigenvalue weighted by molar-refractivity contribution is -0.384. The number of amides is 3. The van der Waals surface area contributed by atoms with Gasteiger partial charge in [-0.15, -0.1) is 0 Å². The highest BCUT2D eigenvalue weighted by Crippen LogP contribution is 2.36. The van der Waals surface area contributed by atoms with Crippen LogP contribution < -0.4 is 25.8 Å². The number of hydrogen-bond acceptors (Lipinski definition) is 8. The van der Waals surface area contributed by atoms with E-state index in [1.807, 2.05) is 0 Å². The second-order valence-electron chi connectivity index (χ2n) is 8.26. The van der Waals surface area contributed by atoms with Crippen molar-refractivity contribution in [2.24, 2.45) is 5.73 Å². The van der Waals surface area contributed by atoms with E-state index in [0.717, 1.165) is 0 Å². The van der Waals surface area contributed by atoms with Crippen LogP contribution in [-0.2, 0) is 16.0 Å². The van der Waals surface area contributed by atoms with E-state index in [-0.39, 0.29) is 30.0 Å². The monoisotopic (exact) mass is 536 g/mol. The van der Waals surface area contributed by atoms with Crippen molar-refractivity contribution in [3.8, 4) is 11.5 Å². The predicted molar refractivity (Wildman–Crippen MR) is 143 cm³/mol. The van der Waals surface area contributed by atoms with Crippen molar-refractivity contribution < 1.29 is 33.5 Å². The molecule has 204 valence electrons. The second-order valence-corrected chi connectivity index (χ2v) is 8.26. The van der Waals surface area contributed by atoms with Crippen LogP contribution in [0, 0.1) is 10.1 Å². The minimum Gasteiger partial charge on any atom is -0.493 e. The number of anilines is 2. The summed E-state index contributed by atoms with van der Waals surface area (Å²) in [4.78, 5) is 47.9. The van der Waals surface area contributed by atoms with Crippen LogP contribution in [0.15, 0.2) is 60.7 Å². The molecule has 3 aromatic carbocycles. The average Bonchev–Trinajstić information content (AvgIpc) is 2.91. The third-order valence-corrected chi connectivity index (χ3v) is 5.74. The molecular weight excluding hydrogens is 508 g/mol. The molecule has 0 saturated heterocycles. The van der Waals surface area contributed by atoms with Crippen molar-refractivity contribution in [3.63, 3.8) is 0 Å². The van der Waals surface area contributed by atoms with Gasteiger partial charge >= 0.3 is 12.0 Å². The number of hydrogen-bond donors (Lipinski definition) is 3. The molecule has 0 bridgehead atoms. The van der Waals surface area contributed by atoms with Crippen molar-refractivity contribution >= 4 is 35.0 Å². The number of non-ortho nitro benzene ring substituents is 1. The fraction of sp³-hybridized carbons (Fsp3) is 0.222. The molecule has 0 saturated carbocycles. The molecule has 3 amide bonds. The minimum absolute atomic E-state index is 0.134. The summed E-state index contributed by atoms with van der Waals surface area (Å²) in [5.41, 5.74) is 7.46. The minimum atomic E-state index is -0.903. The van der Waals surface area contributed by atoms with Gasteiger partial charge in [-0.25, -0.2) is 9.59 Å². The largest absolute Gasteiger partial charge is 0.493 e. The number of primary amides is 1. The summed E-state index contributed by atoms with van der Waals surface area (Å²) in [6, 6.07) is 14.6. The number of nitrogens with zero attached hydrogens (tertiary/aromatic N) is 1. The number of carbonyl (C=O) groups is 3. The number of nitrogens with two attached hydrogens (primary N) is 1. The molecule has 0 heterocycles. The Kier molecular flexibility index (Phi) is 9.41. The maximum Gasteiger partial charge on any atom is 0.338 e. The molecule has 0 aromatic heterocycles. The van der Waals surface area contributed by atoms with Gasteiger partial charge in [-0.2, -0.15) is 0 Å². The number of rotatable bonds is 11. The maximum atomic E-state index is 12.7. The van der Waals surface area contributed by atoms with Gasteiger partial charge in [0, 0.05) is 23.5 Å². The summed E-state index contributed by atoms with van der Waals surface area (Å²) in [5.74, 6) is -1.58. The van der Waals surface area contributed by atoms with Crippen LogP contribution in [0.25, 0.3) is 0 Å². The number of esters is 1. The van der Waals surface area contributed by atoms with E-state index >= 15 is 0 Å². The molecule has 0 spiro atoms. The van der Waals surface area contributed by atoms with E-state index in [0.29, 0.717) is 28.3 Å². The molecule has 12 nitrogen and oxygen atoms in total. The SMILES string of the molecule is CCOC(=O)c1cc(OC)c(OC)cc1C(Cc1ccc(NC(=O)Nc2cccc([N+](=O)[O-])c2)cc1)C(N)=O. The number of nitro benzene ring substituents is 1. The molecule has 4 N–H and O–H groups in total. The fourth-order valence-corrected chi connectivity index (χ4v) is 3.88. The fourth-order valence-electron chi connectivity index (χ4n) is 3.88. The average molecular weight is 537 g/mol. The van der Waals surface area contributed by atoms with E-state index in [1.54, 1.807) is 31.2 Å². The first-order valence-electron chi connectivity index (χ1n) is 11.8. The lowest BCUT2D eigenvalue weighted by Gasteiger charge is -2.20. The molecule has 1 atom stereocenters. The smallest absolute Gasteiger partial charge is 0.338 e. The third kappa shape index (κ3) is 7.22. The Morgan fingerprint density at radius 1 is 0.949 bits per heavy atom. The quantitative estimate of drug-likeness (QED) is 0.185. The molecule has 3 aromatic rings. The van der Waals surface area contributed by atoms with Gasteiger partial charge in [0.2, 0.25) is 5.91 Å². The van der Waals surface area contributed by atoms with Crippen molar-refractivity contribution in [3.05, 3.63) is 87.5 Å². The van der Waals surface area contributed by atoms with Gasteiger partial charge in [0.25, 0.3) is 5.69 Å². The lowest BCUT2D eigenvalue weighted by atomic mass is 9.87. The third-order valence-electron chi connectivity index (χ3n) is 5.74. The van der Waals surface area contributed by atoms with E-state index in [4.69, 9.17) is 19.9 Å². The highest BCUT2D eigenvalue weighted by Gasteiger charge is 2.27. The van der Waals surface area contributed by atoms with Crippen molar-refractivity contribution in [2.75, 3.05) is 31.5 Å². The van der Waals surface area contributed by atoms with E-state index in [9.17, 15) is 24.5 Å². The summed E-state index contributed by atoms with van der Waals surface area (Å²) in [6.45, 7) is 1.81. The highest BCUT2D eigenvalue weighted by molar-refractivity contribution is 6.00. The Balaban J connectivity index is 1.80. The number of benzene rings is 3. The first kappa shape index (κ1) is 28.4. The number of nitro groups is 1. The second kappa shape index (κ2) is 12.9. The molecule has 0 aliphatic carbocycles. The maximum absolute atomic E-state index is 12.7. The molecule has 39 heavy (non-hydrogen) atoms. The molecule has 12 heteroatoms. The van der Waals surface area contributed by atoms with Crippen LogP contribution in [0.4, 0.5) is 21.9 Å². The van der Waals surface area contributed by atoms with E-state index in [1.165, 1.54) is 50.6 Å². The van der Waals surface area contributed by atoms with Gasteiger partial charge in [-0.05, 0) is 54.8 Å². The zero-order valence-corrected chi connectivity index (χ0v) is 21.6. The molecule has 0 radical (unpaired) electrons. The van der Waals surface area contributed by atoms with Crippen LogP contribution in [0.2, 0.25) is 0 Å². The van der Waals surface area contributed by atoms with Crippen LogP contribution >= 0.6 is 0 Å². The zero-order valence-electron chi connectivity index (χ0n) is 21.6. The molecule has 0 aliphatic rings. The van der Waals surface area contributed by atoms with E-state index < -0.39 is 28.7 Å². The standard InChI is InChI=1S/C27H28N4O8/c1-4-39-26(33)22-15-24(38-3)23(37-2)14-20(22)21(25(28)32)12-16-8-10-17(11-9-16)29-27(34)30-18-6-5-7-19(13-18)31(35)36/h5-11,13-15,21H,4,12H2,1-3H3,(H2,28,32)(H2,29,30,34). The number of nitrogens with one attached hydrogen (secondary N) is 2. The van der Waals surface area contributed by atoms with Gasteiger partial charge in [0.15, 0.2) is 11.5 Å². The summed E-state index contributed by atoms with van der Waals surface area (Å²) in [5, 5.41) is 16.1. The summed E-state index contributed by atoms with van der Waals surface area (Å²) < 4.78 is 15.8. The zero-order chi connectivity index (χ0) is 28.5. The number of methoxy groups -OCH3 is 2. The molecule has 0 aliphatic heterocycles. The van der Waals surface area contributed by atoms with Gasteiger partial charge in [-0.1, -0.05) is 18.2 Å². The predicted octanol–water partition coefficient (Wildman–Crippen LogP) is 4.24. The summed E-state index contributed by atoms with van der Waals surface area (Å²) >= 11 is 0. The summed E-state index contributed by atoms with van der Waals surface area (Å²) in [7, 11) is 2.86. The topological polar surface area (TPSA) is 172 Å². The molecule has 1 unspecified atom stereocenters. The normalized spacial score (nSPS) is 11.2. The van der Waals surface area contributed by atoms with Crippen LogP contribution in [-0.4, -0.2) is 43.7 Å². The number of ether oxygens (including phenoxy) is 3. The van der Waals surface area contributed by atoms with Crippen molar-refractivity contribution in [2.45, 2.75) is 19.3 Å². The van der Waals surface area contributed by atoms with Gasteiger partial charge in [0.05, 0.1) is 37.2 Å². The van der Waals surface area contributed by atoms with Gasteiger partial charge < -0.3 is 30.6 Å². The Hall–Kier alpha value is -5.13. The van der Waals surface area contributed by atoms with Crippen molar-refractivity contribution in [1.82, 2.24) is 0 Å². The summed E-state index contributed by atoms with van der Waals surface area (Å²) in [6.07, 6.45) is 0.150. The number of carbonyl (C=O) groups excluding carboxylic acids is 3. The Morgan fingerprint density at radius 2 is 1.59 bits per heavy atom. The first-order valence-corrected chi connectivity index (χ1v) is 11.8. The van der Waals surface area contributed by atoms with E-state index in [2.05, 4.69) is 10.6 Å². The van der Waals surface area contributed by atoms with Gasteiger partial charge in [-0.3, -0.25) is 14.9 Å². The number of urea groups is 1. The van der Waals surface area contributed by atoms with Crippen molar-refractivity contribution in [1.29, 1.82) is 0 Å². The Morgan fingerprint density at radius 3 is 2.18 bits per heavy atom. The molecular formula is C27H28N4O8. The highest BCUT2D eigenvalue weighted by atomic mass is 16.6. The molecule has 0 fully saturated rings. The van der Waals surface area contributed by atoms with Crippen LogP contribution in [0.5, 0.6) is 11.5 Å². The Labute approximate surface area is 224 Å². The van der Waals surface area contributed by atoms with Gasteiger partial charge in [0.1, 0.15) is 0 Å². The Bertz CT molecular complexity index is 1370. The molecule has 3 rings (SSSR count). The van der Waals surface area contributed by atoms with Crippen LogP contribution in [0.1, 0.15) is 34.3 Å². The lowest BCUT2D eigenvalue weighted by Crippen LogP contribution is -2.25.